The van der Waals surface area contributed by atoms with Crippen LogP contribution in [0.1, 0.15) is 61.3 Å². The van der Waals surface area contributed by atoms with Gasteiger partial charge in [0.2, 0.25) is 11.8 Å². The summed E-state index contributed by atoms with van der Waals surface area (Å²) in [6.07, 6.45) is -4.51. The van der Waals surface area contributed by atoms with Crippen LogP contribution in [0.4, 0.5) is 13.2 Å². The largest absolute Gasteiger partial charge is 0.478 e. The van der Waals surface area contributed by atoms with Gasteiger partial charge in [-0.3, -0.25) is 19.2 Å². The molecule has 0 saturated carbocycles. The lowest BCUT2D eigenvalue weighted by molar-refractivity contribution is -0.175. The number of carboxylic acid groups (broad SMARTS) is 1. The van der Waals surface area contributed by atoms with Gasteiger partial charge in [-0.2, -0.15) is 13.2 Å². The van der Waals surface area contributed by atoms with Crippen molar-refractivity contribution in [2.75, 3.05) is 6.54 Å². The van der Waals surface area contributed by atoms with Crippen molar-refractivity contribution in [3.8, 4) is 0 Å². The summed E-state index contributed by atoms with van der Waals surface area (Å²) in [5.41, 5.74) is 0.109. The summed E-state index contributed by atoms with van der Waals surface area (Å²) in [4.78, 5) is 62.9. The SMILES string of the molecule is CC(C)C(NC(=O)c1ccc(C(=O)O)cc1)C(=O)N1CCCC1C(=O)NC(C(=O)C(F)(F)F)C(C)C. The highest BCUT2D eigenvalue weighted by molar-refractivity contribution is 6.00. The number of aromatic carboxylic acids is 1. The number of Topliss-reactive ketones (excluding diaryl/α,β-unsaturated/α-hetero) is 1. The van der Waals surface area contributed by atoms with Crippen LogP contribution in [0.25, 0.3) is 0 Å². The van der Waals surface area contributed by atoms with Crippen molar-refractivity contribution in [3.05, 3.63) is 35.4 Å². The van der Waals surface area contributed by atoms with Gasteiger partial charge < -0.3 is 20.6 Å². The van der Waals surface area contributed by atoms with Crippen LogP contribution in [-0.2, 0) is 14.4 Å². The molecule has 36 heavy (non-hydrogen) atoms. The summed E-state index contributed by atoms with van der Waals surface area (Å²) < 4.78 is 38.9. The molecule has 3 atom stereocenters. The fourth-order valence-corrected chi connectivity index (χ4v) is 3.94. The second-order valence-electron chi connectivity index (χ2n) is 9.36. The van der Waals surface area contributed by atoms with E-state index in [1.165, 1.54) is 43.0 Å². The highest BCUT2D eigenvalue weighted by Crippen LogP contribution is 2.24. The first-order chi connectivity index (χ1) is 16.6. The standard InChI is InChI=1S/C24H30F3N3O6/c1-12(2)17(19(31)24(25,26)27)28-21(33)16-6-5-11-30(16)22(34)18(13(3)4)29-20(32)14-7-9-15(10-8-14)23(35)36/h7-10,12-13,16-18H,5-6,11H2,1-4H3,(H,28,33)(H,29,32)(H,35,36). The predicted octanol–water partition coefficient (Wildman–Crippen LogP) is 2.40. The van der Waals surface area contributed by atoms with E-state index in [-0.39, 0.29) is 24.1 Å². The third kappa shape index (κ3) is 6.82. The highest BCUT2D eigenvalue weighted by Gasteiger charge is 2.46. The number of benzene rings is 1. The maximum absolute atomic E-state index is 13.3. The fourth-order valence-electron chi connectivity index (χ4n) is 3.94. The van der Waals surface area contributed by atoms with Crippen LogP contribution in [-0.4, -0.2) is 70.3 Å². The van der Waals surface area contributed by atoms with Crippen molar-refractivity contribution in [3.63, 3.8) is 0 Å². The molecular weight excluding hydrogens is 483 g/mol. The minimum Gasteiger partial charge on any atom is -0.478 e. The quantitative estimate of drug-likeness (QED) is 0.465. The topological polar surface area (TPSA) is 133 Å². The van der Waals surface area contributed by atoms with Crippen LogP contribution in [0, 0.1) is 11.8 Å². The van der Waals surface area contributed by atoms with E-state index in [0.717, 1.165) is 0 Å². The number of ketones is 1. The molecule has 2 rings (SSSR count). The molecule has 3 unspecified atom stereocenters. The van der Waals surface area contributed by atoms with Gasteiger partial charge in [0, 0.05) is 12.1 Å². The first-order valence-electron chi connectivity index (χ1n) is 11.5. The molecule has 0 bridgehead atoms. The molecule has 0 spiro atoms. The van der Waals surface area contributed by atoms with Crippen molar-refractivity contribution in [2.24, 2.45) is 11.8 Å². The molecule has 12 heteroatoms. The number of rotatable bonds is 9. The molecule has 1 aromatic carbocycles. The van der Waals surface area contributed by atoms with Gasteiger partial charge in [-0.25, -0.2) is 4.79 Å². The number of hydrogen-bond acceptors (Lipinski definition) is 5. The molecule has 198 valence electrons. The van der Waals surface area contributed by atoms with Crippen molar-refractivity contribution in [1.29, 1.82) is 0 Å². The Morgan fingerprint density at radius 2 is 1.44 bits per heavy atom. The maximum atomic E-state index is 13.3. The van der Waals surface area contributed by atoms with Gasteiger partial charge in [-0.1, -0.05) is 27.7 Å². The number of likely N-dealkylation sites (tertiary alicyclic amines) is 1. The Hall–Kier alpha value is -3.44. The highest BCUT2D eigenvalue weighted by atomic mass is 19.4. The first kappa shape index (κ1) is 28.8. The Morgan fingerprint density at radius 1 is 0.917 bits per heavy atom. The first-order valence-corrected chi connectivity index (χ1v) is 11.5. The van der Waals surface area contributed by atoms with E-state index in [1.54, 1.807) is 13.8 Å². The fraction of sp³-hybridized carbons (Fsp3) is 0.542. The average Bonchev–Trinajstić information content (AvgIpc) is 3.29. The Kier molecular flexibility index (Phi) is 9.22. The van der Waals surface area contributed by atoms with Crippen LogP contribution in [0.2, 0.25) is 0 Å². The molecule has 1 aliphatic rings. The third-order valence-electron chi connectivity index (χ3n) is 5.98. The molecule has 1 heterocycles. The molecule has 0 radical (unpaired) electrons. The number of hydrogen-bond donors (Lipinski definition) is 3. The number of carbonyl (C=O) groups is 5. The van der Waals surface area contributed by atoms with Gasteiger partial charge in [-0.15, -0.1) is 0 Å². The molecule has 3 N–H and O–H groups in total. The molecule has 1 fully saturated rings. The number of halogens is 3. The second-order valence-corrected chi connectivity index (χ2v) is 9.36. The number of carbonyl (C=O) groups excluding carboxylic acids is 4. The molecule has 0 aliphatic carbocycles. The lowest BCUT2D eigenvalue weighted by Crippen LogP contribution is -2.58. The van der Waals surface area contributed by atoms with Gasteiger partial charge in [0.15, 0.2) is 0 Å². The van der Waals surface area contributed by atoms with Crippen molar-refractivity contribution in [1.82, 2.24) is 15.5 Å². The molecule has 9 nitrogen and oxygen atoms in total. The maximum Gasteiger partial charge on any atom is 0.452 e. The van der Waals surface area contributed by atoms with Crippen molar-refractivity contribution in [2.45, 2.75) is 64.8 Å². The second kappa shape index (κ2) is 11.5. The summed E-state index contributed by atoms with van der Waals surface area (Å²) in [7, 11) is 0. The monoisotopic (exact) mass is 513 g/mol. The Bertz CT molecular complexity index is 1010. The van der Waals surface area contributed by atoms with Crippen LogP contribution in [0.15, 0.2) is 24.3 Å². The number of nitrogens with zero attached hydrogens (tertiary/aromatic N) is 1. The zero-order chi connectivity index (χ0) is 27.4. The van der Waals surface area contributed by atoms with Gasteiger partial charge in [-0.05, 0) is 48.9 Å². The summed E-state index contributed by atoms with van der Waals surface area (Å²) in [5, 5.41) is 13.8. The minimum atomic E-state index is -5.12. The van der Waals surface area contributed by atoms with E-state index in [1.807, 2.05) is 0 Å². The lowest BCUT2D eigenvalue weighted by Gasteiger charge is -2.32. The van der Waals surface area contributed by atoms with Crippen LogP contribution in [0.3, 0.4) is 0 Å². The van der Waals surface area contributed by atoms with Gasteiger partial charge in [0.25, 0.3) is 11.7 Å². The minimum absolute atomic E-state index is 0.0161. The summed E-state index contributed by atoms with van der Waals surface area (Å²) in [6.45, 7) is 6.26. The summed E-state index contributed by atoms with van der Waals surface area (Å²) >= 11 is 0. The average molecular weight is 514 g/mol. The zero-order valence-electron chi connectivity index (χ0n) is 20.4. The van der Waals surface area contributed by atoms with Crippen LogP contribution in [0.5, 0.6) is 0 Å². The number of amides is 3. The van der Waals surface area contributed by atoms with Crippen molar-refractivity contribution < 1.29 is 42.3 Å². The smallest absolute Gasteiger partial charge is 0.452 e. The number of alkyl halides is 3. The van der Waals surface area contributed by atoms with Crippen molar-refractivity contribution >= 4 is 29.5 Å². The Morgan fingerprint density at radius 3 is 1.92 bits per heavy atom. The van der Waals surface area contributed by atoms with E-state index < -0.39 is 65.6 Å². The number of nitrogens with one attached hydrogen (secondary N) is 2. The normalized spacial score (nSPS) is 17.6. The molecular formula is C24H30F3N3O6. The predicted molar refractivity (Wildman–Crippen MR) is 122 cm³/mol. The summed E-state index contributed by atoms with van der Waals surface area (Å²) in [6, 6.07) is 1.17. The molecule has 1 aromatic rings. The molecule has 1 aliphatic heterocycles. The Labute approximate surface area is 206 Å². The molecule has 0 aromatic heterocycles. The van der Waals surface area contributed by atoms with Gasteiger partial charge >= 0.3 is 12.1 Å². The summed E-state index contributed by atoms with van der Waals surface area (Å²) in [5.74, 6) is -6.54. The van der Waals surface area contributed by atoms with E-state index >= 15 is 0 Å². The van der Waals surface area contributed by atoms with E-state index in [0.29, 0.717) is 6.42 Å². The number of carboxylic acids is 1. The zero-order valence-corrected chi connectivity index (χ0v) is 20.4. The van der Waals surface area contributed by atoms with E-state index in [4.69, 9.17) is 5.11 Å². The van der Waals surface area contributed by atoms with Gasteiger partial charge in [0.1, 0.15) is 12.1 Å². The van der Waals surface area contributed by atoms with E-state index in [2.05, 4.69) is 10.6 Å². The Balaban J connectivity index is 2.18. The lowest BCUT2D eigenvalue weighted by atomic mass is 9.98. The molecule has 3 amide bonds. The molecule has 1 saturated heterocycles. The van der Waals surface area contributed by atoms with Crippen LogP contribution >= 0.6 is 0 Å². The van der Waals surface area contributed by atoms with Crippen LogP contribution < -0.4 is 10.6 Å². The van der Waals surface area contributed by atoms with Gasteiger partial charge in [0.05, 0.1) is 11.6 Å². The van der Waals surface area contributed by atoms with E-state index in [9.17, 15) is 37.1 Å². The third-order valence-corrected chi connectivity index (χ3v) is 5.98.